The van der Waals surface area contributed by atoms with Crippen molar-refractivity contribution >= 4 is 10.9 Å². The van der Waals surface area contributed by atoms with Crippen molar-refractivity contribution in [3.05, 3.63) is 53.3 Å². The maximum absolute atomic E-state index is 5.87. The Hall–Kier alpha value is -2.20. The molecular weight excluding hydrogens is 236 g/mol. The van der Waals surface area contributed by atoms with Gasteiger partial charge in [0.2, 0.25) is 0 Å². The lowest BCUT2D eigenvalue weighted by atomic mass is 10.1. The molecule has 3 aromatic rings. The molecule has 0 aliphatic carbocycles. The molecule has 2 N–H and O–H groups in total. The van der Waals surface area contributed by atoms with Crippen LogP contribution in [-0.4, -0.2) is 14.8 Å². The highest BCUT2D eigenvalue weighted by molar-refractivity contribution is 5.80. The maximum Gasteiger partial charge on any atom is 0.159 e. The topological polar surface area (TPSA) is 56.7 Å². The summed E-state index contributed by atoms with van der Waals surface area (Å²) in [6.07, 6.45) is 1.86. The molecule has 0 fully saturated rings. The summed E-state index contributed by atoms with van der Waals surface area (Å²) in [4.78, 5) is 4.62. The van der Waals surface area contributed by atoms with E-state index in [1.54, 1.807) is 0 Å². The van der Waals surface area contributed by atoms with E-state index >= 15 is 0 Å². The Morgan fingerprint density at radius 2 is 2.00 bits per heavy atom. The van der Waals surface area contributed by atoms with Gasteiger partial charge in [-0.05, 0) is 31.5 Å². The standard InChI is InChI=1S/C15H16N4/c1-10-7-11(2)18-15(13(10)8-16)19-14-6-4-3-5-12(14)9-17-19/h3-7,9H,8,16H2,1-2H3. The van der Waals surface area contributed by atoms with E-state index in [4.69, 9.17) is 5.73 Å². The fourth-order valence-electron chi connectivity index (χ4n) is 2.41. The van der Waals surface area contributed by atoms with Crippen LogP contribution in [0.2, 0.25) is 0 Å². The number of pyridine rings is 1. The number of aryl methyl sites for hydroxylation is 2. The van der Waals surface area contributed by atoms with E-state index in [-0.39, 0.29) is 0 Å². The number of nitrogens with zero attached hydrogens (tertiary/aromatic N) is 3. The van der Waals surface area contributed by atoms with Crippen LogP contribution in [0.3, 0.4) is 0 Å². The molecule has 0 aliphatic rings. The first kappa shape index (κ1) is 11.9. The second kappa shape index (κ2) is 4.48. The van der Waals surface area contributed by atoms with Gasteiger partial charge in [-0.1, -0.05) is 18.2 Å². The van der Waals surface area contributed by atoms with Gasteiger partial charge >= 0.3 is 0 Å². The van der Waals surface area contributed by atoms with Crippen molar-refractivity contribution in [1.82, 2.24) is 14.8 Å². The van der Waals surface area contributed by atoms with Crippen LogP contribution in [-0.2, 0) is 6.54 Å². The molecule has 2 heterocycles. The zero-order valence-electron chi connectivity index (χ0n) is 11.1. The van der Waals surface area contributed by atoms with Crippen molar-refractivity contribution in [3.8, 4) is 5.82 Å². The average molecular weight is 252 g/mol. The van der Waals surface area contributed by atoms with Gasteiger partial charge in [0, 0.05) is 23.2 Å². The van der Waals surface area contributed by atoms with E-state index in [0.717, 1.165) is 33.5 Å². The maximum atomic E-state index is 5.87. The molecule has 0 saturated carbocycles. The summed E-state index contributed by atoms with van der Waals surface area (Å²) < 4.78 is 1.87. The number of nitrogens with two attached hydrogens (primary N) is 1. The molecule has 0 bridgehead atoms. The second-order valence-corrected chi connectivity index (χ2v) is 4.70. The number of fused-ring (bicyclic) bond motifs is 1. The fraction of sp³-hybridized carbons (Fsp3) is 0.200. The summed E-state index contributed by atoms with van der Waals surface area (Å²) in [5.74, 6) is 0.834. The number of hydrogen-bond donors (Lipinski definition) is 1. The molecule has 0 amide bonds. The quantitative estimate of drug-likeness (QED) is 0.762. The van der Waals surface area contributed by atoms with Crippen LogP contribution < -0.4 is 5.73 Å². The highest BCUT2D eigenvalue weighted by Gasteiger charge is 2.12. The zero-order chi connectivity index (χ0) is 13.4. The third-order valence-corrected chi connectivity index (χ3v) is 3.34. The van der Waals surface area contributed by atoms with Crippen molar-refractivity contribution in [2.75, 3.05) is 0 Å². The lowest BCUT2D eigenvalue weighted by Crippen LogP contribution is -2.10. The van der Waals surface area contributed by atoms with Crippen LogP contribution in [0, 0.1) is 13.8 Å². The minimum atomic E-state index is 0.461. The second-order valence-electron chi connectivity index (χ2n) is 4.70. The van der Waals surface area contributed by atoms with Crippen LogP contribution in [0.15, 0.2) is 36.5 Å². The molecule has 0 spiro atoms. The molecule has 0 saturated heterocycles. The van der Waals surface area contributed by atoms with E-state index < -0.39 is 0 Å². The summed E-state index contributed by atoms with van der Waals surface area (Å²) >= 11 is 0. The molecule has 19 heavy (non-hydrogen) atoms. The Morgan fingerprint density at radius 3 is 2.79 bits per heavy atom. The minimum absolute atomic E-state index is 0.461. The number of para-hydroxylation sites is 1. The normalized spacial score (nSPS) is 11.1. The van der Waals surface area contributed by atoms with Gasteiger partial charge in [-0.15, -0.1) is 0 Å². The minimum Gasteiger partial charge on any atom is -0.326 e. The highest BCUT2D eigenvalue weighted by Crippen LogP contribution is 2.21. The predicted octanol–water partition coefficient (Wildman–Crippen LogP) is 2.50. The van der Waals surface area contributed by atoms with Crippen molar-refractivity contribution in [3.63, 3.8) is 0 Å². The molecule has 96 valence electrons. The van der Waals surface area contributed by atoms with Gasteiger partial charge in [0.25, 0.3) is 0 Å². The van der Waals surface area contributed by atoms with Gasteiger partial charge in [-0.3, -0.25) is 0 Å². The average Bonchev–Trinajstić information content (AvgIpc) is 2.81. The summed E-state index contributed by atoms with van der Waals surface area (Å²) in [6.45, 7) is 4.51. The Balaban J connectivity index is 2.32. The van der Waals surface area contributed by atoms with Gasteiger partial charge in [0.15, 0.2) is 5.82 Å². The molecule has 0 radical (unpaired) electrons. The van der Waals surface area contributed by atoms with E-state index in [1.807, 2.05) is 42.1 Å². The first-order valence-corrected chi connectivity index (χ1v) is 6.31. The molecule has 0 atom stereocenters. The monoisotopic (exact) mass is 252 g/mol. The van der Waals surface area contributed by atoms with Crippen LogP contribution in [0.4, 0.5) is 0 Å². The van der Waals surface area contributed by atoms with Crippen molar-refractivity contribution in [2.45, 2.75) is 20.4 Å². The zero-order valence-corrected chi connectivity index (χ0v) is 11.1. The van der Waals surface area contributed by atoms with E-state index in [2.05, 4.69) is 23.1 Å². The Bertz CT molecular complexity index is 743. The Labute approximate surface area is 111 Å². The van der Waals surface area contributed by atoms with E-state index in [1.165, 1.54) is 0 Å². The van der Waals surface area contributed by atoms with E-state index in [9.17, 15) is 0 Å². The fourth-order valence-corrected chi connectivity index (χ4v) is 2.41. The number of hydrogen-bond acceptors (Lipinski definition) is 3. The molecular formula is C15H16N4. The third kappa shape index (κ3) is 1.90. The SMILES string of the molecule is Cc1cc(C)c(CN)c(-n2ncc3ccccc32)n1. The lowest BCUT2D eigenvalue weighted by molar-refractivity contribution is 0.835. The van der Waals surface area contributed by atoms with Crippen LogP contribution >= 0.6 is 0 Å². The van der Waals surface area contributed by atoms with Gasteiger partial charge in [-0.2, -0.15) is 5.10 Å². The first-order chi connectivity index (χ1) is 9.20. The summed E-state index contributed by atoms with van der Waals surface area (Å²) in [6, 6.07) is 10.2. The van der Waals surface area contributed by atoms with Gasteiger partial charge in [0.05, 0.1) is 11.7 Å². The Kier molecular flexibility index (Phi) is 2.80. The molecule has 1 aromatic carbocycles. The third-order valence-electron chi connectivity index (χ3n) is 3.34. The van der Waals surface area contributed by atoms with Gasteiger partial charge < -0.3 is 5.73 Å². The van der Waals surface area contributed by atoms with Crippen LogP contribution in [0.25, 0.3) is 16.7 Å². The molecule has 0 aliphatic heterocycles. The summed E-state index contributed by atoms with van der Waals surface area (Å²) in [5, 5.41) is 5.56. The summed E-state index contributed by atoms with van der Waals surface area (Å²) in [5.41, 5.74) is 10.1. The van der Waals surface area contributed by atoms with Crippen molar-refractivity contribution < 1.29 is 0 Å². The molecule has 0 unspecified atom stereocenters. The Morgan fingerprint density at radius 1 is 1.21 bits per heavy atom. The van der Waals surface area contributed by atoms with Crippen LogP contribution in [0.5, 0.6) is 0 Å². The number of rotatable bonds is 2. The molecule has 4 heteroatoms. The smallest absolute Gasteiger partial charge is 0.159 e. The predicted molar refractivity (Wildman–Crippen MR) is 76.2 cm³/mol. The lowest BCUT2D eigenvalue weighted by Gasteiger charge is -2.12. The van der Waals surface area contributed by atoms with Crippen LogP contribution in [0.1, 0.15) is 16.8 Å². The molecule has 3 rings (SSSR count). The van der Waals surface area contributed by atoms with Gasteiger partial charge in [0.1, 0.15) is 0 Å². The molecule has 4 nitrogen and oxygen atoms in total. The van der Waals surface area contributed by atoms with Crippen molar-refractivity contribution in [1.29, 1.82) is 0 Å². The number of aromatic nitrogens is 3. The molecule has 2 aromatic heterocycles. The largest absolute Gasteiger partial charge is 0.326 e. The number of benzene rings is 1. The summed E-state index contributed by atoms with van der Waals surface area (Å²) in [7, 11) is 0. The van der Waals surface area contributed by atoms with E-state index in [0.29, 0.717) is 6.54 Å². The first-order valence-electron chi connectivity index (χ1n) is 6.31. The van der Waals surface area contributed by atoms with Gasteiger partial charge in [-0.25, -0.2) is 9.67 Å². The highest BCUT2D eigenvalue weighted by atomic mass is 15.3. The van der Waals surface area contributed by atoms with Crippen molar-refractivity contribution in [2.24, 2.45) is 5.73 Å².